The molecule has 2 atom stereocenters. The number of allylic oxidation sites excluding steroid dienone is 1. The van der Waals surface area contributed by atoms with Gasteiger partial charge in [0.15, 0.2) is 5.65 Å². The van der Waals surface area contributed by atoms with Gasteiger partial charge in [0.1, 0.15) is 12.1 Å². The smallest absolute Gasteiger partial charge is 0.163 e. The number of hydrogen-bond donors (Lipinski definition) is 2. The molecule has 3 rings (SSSR count). The summed E-state index contributed by atoms with van der Waals surface area (Å²) in [4.78, 5) is 8.07. The Hall–Kier alpha value is -1.95. The summed E-state index contributed by atoms with van der Waals surface area (Å²) < 4.78 is 1.76. The van der Waals surface area contributed by atoms with Crippen LogP contribution in [0.25, 0.3) is 11.0 Å². The van der Waals surface area contributed by atoms with Crippen LogP contribution in [0.1, 0.15) is 12.5 Å². The van der Waals surface area contributed by atoms with Crippen molar-refractivity contribution >= 4 is 16.9 Å². The summed E-state index contributed by atoms with van der Waals surface area (Å²) in [5.74, 6) is 0.429. The van der Waals surface area contributed by atoms with Gasteiger partial charge in [0.25, 0.3) is 0 Å². The van der Waals surface area contributed by atoms with E-state index in [0.29, 0.717) is 17.9 Å². The van der Waals surface area contributed by atoms with Crippen LogP contribution < -0.4 is 5.73 Å². The van der Waals surface area contributed by atoms with Crippen molar-refractivity contribution in [3.05, 3.63) is 24.7 Å². The minimum absolute atomic E-state index is 0.0433. The summed E-state index contributed by atoms with van der Waals surface area (Å²) in [6, 6.07) is 0.0433. The fraction of sp³-hybridized carbons (Fsp3) is 0.300. The van der Waals surface area contributed by atoms with E-state index in [2.05, 4.69) is 15.1 Å². The molecule has 1 aliphatic rings. The van der Waals surface area contributed by atoms with E-state index in [0.717, 1.165) is 5.39 Å². The molecule has 6 heteroatoms. The third-order valence-corrected chi connectivity index (χ3v) is 2.77. The van der Waals surface area contributed by atoms with Gasteiger partial charge in [0.2, 0.25) is 0 Å². The molecule has 0 aliphatic heterocycles. The number of nitrogen functional groups attached to an aromatic ring is 1. The molecular formula is C10H11N5O. The van der Waals surface area contributed by atoms with Gasteiger partial charge in [-0.05, 0) is 0 Å². The van der Waals surface area contributed by atoms with Crippen molar-refractivity contribution in [2.24, 2.45) is 0 Å². The Balaban J connectivity index is 2.12. The summed E-state index contributed by atoms with van der Waals surface area (Å²) in [5, 5.41) is 14.4. The van der Waals surface area contributed by atoms with Crippen LogP contribution in [0.15, 0.2) is 24.7 Å². The van der Waals surface area contributed by atoms with Gasteiger partial charge in [0.05, 0.1) is 23.7 Å². The molecule has 0 unspecified atom stereocenters. The van der Waals surface area contributed by atoms with E-state index in [-0.39, 0.29) is 6.04 Å². The molecule has 0 bridgehead atoms. The normalized spacial score (nSPS) is 24.3. The molecule has 16 heavy (non-hydrogen) atoms. The van der Waals surface area contributed by atoms with Crippen molar-refractivity contribution in [1.82, 2.24) is 19.7 Å². The fourth-order valence-electron chi connectivity index (χ4n) is 1.97. The predicted molar refractivity (Wildman–Crippen MR) is 58.5 cm³/mol. The summed E-state index contributed by atoms with van der Waals surface area (Å²) in [7, 11) is 0. The highest BCUT2D eigenvalue weighted by Crippen LogP contribution is 2.26. The molecule has 1 aliphatic carbocycles. The number of nitrogens with two attached hydrogens (primary N) is 1. The molecule has 0 aromatic carbocycles. The first-order valence-electron chi connectivity index (χ1n) is 5.06. The molecule has 0 saturated carbocycles. The van der Waals surface area contributed by atoms with E-state index in [1.165, 1.54) is 6.33 Å². The first-order chi connectivity index (χ1) is 7.75. The molecule has 2 heterocycles. The third kappa shape index (κ3) is 1.27. The highest BCUT2D eigenvalue weighted by Gasteiger charge is 2.21. The number of aromatic nitrogens is 4. The number of aliphatic hydroxyl groups is 1. The third-order valence-electron chi connectivity index (χ3n) is 2.77. The maximum Gasteiger partial charge on any atom is 0.163 e. The van der Waals surface area contributed by atoms with Gasteiger partial charge >= 0.3 is 0 Å². The monoisotopic (exact) mass is 217 g/mol. The number of fused-ring (bicyclic) bond motifs is 1. The second kappa shape index (κ2) is 3.28. The summed E-state index contributed by atoms with van der Waals surface area (Å²) in [6.07, 6.45) is 7.00. The summed E-state index contributed by atoms with van der Waals surface area (Å²) in [6.45, 7) is 0. The molecule has 0 amide bonds. The van der Waals surface area contributed by atoms with E-state index in [1.807, 2.05) is 6.08 Å². The largest absolute Gasteiger partial charge is 0.389 e. The summed E-state index contributed by atoms with van der Waals surface area (Å²) >= 11 is 0. The number of rotatable bonds is 1. The standard InChI is InChI=1S/C10H11N5O/c11-9-8-4-14-15(10(8)13-5-12-9)6-1-2-7(16)3-6/h1-2,4-7,16H,3H2,(H2,11,12,13)/t6-,7+/m1/s1. The Kier molecular flexibility index (Phi) is 1.90. The van der Waals surface area contributed by atoms with Crippen LogP contribution in [0, 0.1) is 0 Å². The van der Waals surface area contributed by atoms with E-state index in [1.54, 1.807) is 17.0 Å². The van der Waals surface area contributed by atoms with E-state index in [9.17, 15) is 5.11 Å². The van der Waals surface area contributed by atoms with Gasteiger partial charge in [-0.25, -0.2) is 14.6 Å². The summed E-state index contributed by atoms with van der Waals surface area (Å²) in [5.41, 5.74) is 6.43. The minimum Gasteiger partial charge on any atom is -0.389 e. The Morgan fingerprint density at radius 1 is 1.38 bits per heavy atom. The molecule has 0 fully saturated rings. The molecular weight excluding hydrogens is 206 g/mol. The zero-order chi connectivity index (χ0) is 11.1. The van der Waals surface area contributed by atoms with Gasteiger partial charge in [-0.3, -0.25) is 0 Å². The lowest BCUT2D eigenvalue weighted by molar-refractivity contribution is 0.209. The van der Waals surface area contributed by atoms with Crippen LogP contribution in [0.5, 0.6) is 0 Å². The average Bonchev–Trinajstić information content (AvgIpc) is 2.84. The quantitative estimate of drug-likeness (QED) is 0.669. The van der Waals surface area contributed by atoms with Crippen LogP contribution in [-0.4, -0.2) is 31.0 Å². The second-order valence-electron chi connectivity index (χ2n) is 3.84. The number of hydrogen-bond acceptors (Lipinski definition) is 5. The Morgan fingerprint density at radius 3 is 3.00 bits per heavy atom. The van der Waals surface area contributed by atoms with Crippen LogP contribution >= 0.6 is 0 Å². The highest BCUT2D eigenvalue weighted by atomic mass is 16.3. The molecule has 0 saturated heterocycles. The van der Waals surface area contributed by atoms with Crippen LogP contribution in [0.3, 0.4) is 0 Å². The van der Waals surface area contributed by atoms with Crippen molar-refractivity contribution in [2.75, 3.05) is 5.73 Å². The van der Waals surface area contributed by atoms with Gasteiger partial charge in [0, 0.05) is 6.42 Å². The van der Waals surface area contributed by atoms with Gasteiger partial charge < -0.3 is 10.8 Å². The molecule has 3 N–H and O–H groups in total. The van der Waals surface area contributed by atoms with Gasteiger partial charge in [-0.15, -0.1) is 0 Å². The zero-order valence-corrected chi connectivity index (χ0v) is 8.48. The fourth-order valence-corrected chi connectivity index (χ4v) is 1.97. The lowest BCUT2D eigenvalue weighted by atomic mass is 10.2. The highest BCUT2D eigenvalue weighted by molar-refractivity contribution is 5.84. The topological polar surface area (TPSA) is 89.9 Å². The number of anilines is 1. The SMILES string of the molecule is Nc1ncnc2c1cnn2[C@@H]1C=C[C@H](O)C1. The number of aliphatic hydroxyl groups excluding tert-OH is 1. The average molecular weight is 217 g/mol. The molecule has 0 radical (unpaired) electrons. The first-order valence-corrected chi connectivity index (χ1v) is 5.06. The Bertz CT molecular complexity index is 561. The molecule has 2 aromatic rings. The van der Waals surface area contributed by atoms with E-state index >= 15 is 0 Å². The van der Waals surface area contributed by atoms with Gasteiger partial charge in [-0.1, -0.05) is 12.2 Å². The lowest BCUT2D eigenvalue weighted by Gasteiger charge is -2.10. The van der Waals surface area contributed by atoms with Crippen molar-refractivity contribution in [2.45, 2.75) is 18.6 Å². The van der Waals surface area contributed by atoms with E-state index in [4.69, 9.17) is 5.73 Å². The van der Waals surface area contributed by atoms with Crippen LogP contribution in [-0.2, 0) is 0 Å². The predicted octanol–water partition coefficient (Wildman–Crippen LogP) is 0.270. The maximum atomic E-state index is 9.44. The van der Waals surface area contributed by atoms with Crippen LogP contribution in [0.2, 0.25) is 0 Å². The number of nitrogens with zero attached hydrogens (tertiary/aromatic N) is 4. The Labute approximate surface area is 91.4 Å². The van der Waals surface area contributed by atoms with E-state index < -0.39 is 6.10 Å². The molecule has 2 aromatic heterocycles. The van der Waals surface area contributed by atoms with Crippen LogP contribution in [0.4, 0.5) is 5.82 Å². The van der Waals surface area contributed by atoms with Crippen molar-refractivity contribution < 1.29 is 5.11 Å². The molecule has 0 spiro atoms. The second-order valence-corrected chi connectivity index (χ2v) is 3.84. The van der Waals surface area contributed by atoms with Crippen molar-refractivity contribution in [3.8, 4) is 0 Å². The zero-order valence-electron chi connectivity index (χ0n) is 8.48. The first kappa shape index (κ1) is 9.29. The lowest BCUT2D eigenvalue weighted by Crippen LogP contribution is -2.10. The maximum absolute atomic E-state index is 9.44. The molecule has 82 valence electrons. The minimum atomic E-state index is -0.400. The van der Waals surface area contributed by atoms with Gasteiger partial charge in [-0.2, -0.15) is 5.10 Å². The van der Waals surface area contributed by atoms with Crippen molar-refractivity contribution in [3.63, 3.8) is 0 Å². The Morgan fingerprint density at radius 2 is 2.25 bits per heavy atom. The molecule has 6 nitrogen and oxygen atoms in total. The van der Waals surface area contributed by atoms with Crippen molar-refractivity contribution in [1.29, 1.82) is 0 Å².